The third-order valence-corrected chi connectivity index (χ3v) is 5.29. The molecular formula is C19H26. The van der Waals surface area contributed by atoms with Gasteiger partial charge in [0.15, 0.2) is 0 Å². The zero-order chi connectivity index (χ0) is 13.4. The highest BCUT2D eigenvalue weighted by Crippen LogP contribution is 2.44. The van der Waals surface area contributed by atoms with Gasteiger partial charge in [-0.25, -0.2) is 0 Å². The van der Waals surface area contributed by atoms with Gasteiger partial charge >= 0.3 is 0 Å². The monoisotopic (exact) mass is 254 g/mol. The first-order chi connectivity index (χ1) is 9.15. The molecule has 2 aliphatic rings. The van der Waals surface area contributed by atoms with Gasteiger partial charge in [0, 0.05) is 0 Å². The summed E-state index contributed by atoms with van der Waals surface area (Å²) in [5.74, 6) is 3.46. The van der Waals surface area contributed by atoms with Crippen LogP contribution in [0.1, 0.15) is 51.2 Å². The van der Waals surface area contributed by atoms with Crippen LogP contribution >= 0.6 is 0 Å². The van der Waals surface area contributed by atoms with Crippen LogP contribution in [-0.4, -0.2) is 0 Å². The van der Waals surface area contributed by atoms with Crippen molar-refractivity contribution in [3.8, 4) is 0 Å². The molecule has 102 valence electrons. The standard InChI is InChI=1S/C19H26/c1-13(2)18-9-8-14(3)10-19(18)17-11-15-6-4-5-7-16(15)12-17/h4-7,11,13-14,18-19H,8-10,12H2,1-3H3. The van der Waals surface area contributed by atoms with Crippen molar-refractivity contribution in [2.24, 2.45) is 23.7 Å². The Kier molecular flexibility index (Phi) is 3.52. The Morgan fingerprint density at radius 1 is 1.11 bits per heavy atom. The van der Waals surface area contributed by atoms with Crippen LogP contribution in [0.4, 0.5) is 0 Å². The van der Waals surface area contributed by atoms with E-state index in [4.69, 9.17) is 0 Å². The van der Waals surface area contributed by atoms with E-state index >= 15 is 0 Å². The van der Waals surface area contributed by atoms with Crippen molar-refractivity contribution in [2.45, 2.75) is 46.5 Å². The second-order valence-electron chi connectivity index (χ2n) is 7.03. The van der Waals surface area contributed by atoms with E-state index in [9.17, 15) is 0 Å². The topological polar surface area (TPSA) is 0 Å². The summed E-state index contributed by atoms with van der Waals surface area (Å²) in [6.45, 7) is 7.26. The van der Waals surface area contributed by atoms with Crippen LogP contribution in [0.15, 0.2) is 29.8 Å². The van der Waals surface area contributed by atoms with Crippen LogP contribution in [-0.2, 0) is 6.42 Å². The lowest BCUT2D eigenvalue weighted by Crippen LogP contribution is -2.29. The molecule has 3 atom stereocenters. The molecule has 0 heterocycles. The zero-order valence-corrected chi connectivity index (χ0v) is 12.5. The summed E-state index contributed by atoms with van der Waals surface area (Å²) in [4.78, 5) is 0. The maximum absolute atomic E-state index is 2.49. The molecule has 1 fully saturated rings. The minimum absolute atomic E-state index is 0.821. The summed E-state index contributed by atoms with van der Waals surface area (Å²) in [5, 5.41) is 0. The third-order valence-electron chi connectivity index (χ3n) is 5.29. The second-order valence-corrected chi connectivity index (χ2v) is 7.03. The first kappa shape index (κ1) is 13.0. The maximum atomic E-state index is 2.49. The predicted molar refractivity (Wildman–Crippen MR) is 83.0 cm³/mol. The number of allylic oxidation sites excluding steroid dienone is 1. The van der Waals surface area contributed by atoms with Crippen molar-refractivity contribution >= 4 is 6.08 Å². The Morgan fingerprint density at radius 3 is 2.63 bits per heavy atom. The van der Waals surface area contributed by atoms with Crippen molar-refractivity contribution < 1.29 is 0 Å². The van der Waals surface area contributed by atoms with E-state index < -0.39 is 0 Å². The van der Waals surface area contributed by atoms with Crippen LogP contribution in [0.5, 0.6) is 0 Å². The Labute approximate surface area is 117 Å². The van der Waals surface area contributed by atoms with Crippen LogP contribution in [0.2, 0.25) is 0 Å². The van der Waals surface area contributed by atoms with Crippen LogP contribution in [0.3, 0.4) is 0 Å². The molecule has 3 rings (SSSR count). The normalized spacial score (nSPS) is 30.3. The van der Waals surface area contributed by atoms with E-state index in [1.807, 2.05) is 0 Å². The number of hydrogen-bond acceptors (Lipinski definition) is 0. The molecule has 3 unspecified atom stereocenters. The van der Waals surface area contributed by atoms with Gasteiger partial charge in [-0.3, -0.25) is 0 Å². The lowest BCUT2D eigenvalue weighted by atomic mass is 9.67. The molecule has 0 heteroatoms. The molecule has 0 aromatic heterocycles. The number of benzene rings is 1. The number of fused-ring (bicyclic) bond motifs is 1. The molecule has 2 aliphatic carbocycles. The lowest BCUT2D eigenvalue weighted by Gasteiger charge is -2.38. The van der Waals surface area contributed by atoms with Gasteiger partial charge in [0.25, 0.3) is 0 Å². The Balaban J connectivity index is 1.85. The first-order valence-electron chi connectivity index (χ1n) is 7.93. The van der Waals surface area contributed by atoms with E-state index in [-0.39, 0.29) is 0 Å². The average Bonchev–Trinajstić information content (AvgIpc) is 2.81. The van der Waals surface area contributed by atoms with Crippen LogP contribution < -0.4 is 0 Å². The molecule has 1 aromatic carbocycles. The van der Waals surface area contributed by atoms with E-state index in [0.717, 1.165) is 23.7 Å². The van der Waals surface area contributed by atoms with E-state index in [0.29, 0.717) is 0 Å². The SMILES string of the molecule is CC1CCC(C(C)C)C(C2=Cc3ccccc3C2)C1. The second kappa shape index (κ2) is 5.15. The minimum Gasteiger partial charge on any atom is -0.0625 e. The molecule has 1 aromatic rings. The highest BCUT2D eigenvalue weighted by atomic mass is 14.4. The lowest BCUT2D eigenvalue weighted by molar-refractivity contribution is 0.169. The summed E-state index contributed by atoms with van der Waals surface area (Å²) in [6, 6.07) is 8.93. The summed E-state index contributed by atoms with van der Waals surface area (Å²) in [6.07, 6.45) is 7.96. The predicted octanol–water partition coefficient (Wildman–Crippen LogP) is 5.33. The highest BCUT2D eigenvalue weighted by molar-refractivity contribution is 5.64. The fraction of sp³-hybridized carbons (Fsp3) is 0.579. The van der Waals surface area contributed by atoms with Gasteiger partial charge in [-0.1, -0.05) is 63.1 Å². The summed E-state index contributed by atoms with van der Waals surface area (Å²) < 4.78 is 0. The van der Waals surface area contributed by atoms with Gasteiger partial charge in [0.1, 0.15) is 0 Å². The summed E-state index contributed by atoms with van der Waals surface area (Å²) >= 11 is 0. The maximum Gasteiger partial charge on any atom is -0.00549 e. The zero-order valence-electron chi connectivity index (χ0n) is 12.5. The van der Waals surface area contributed by atoms with Crippen molar-refractivity contribution in [3.63, 3.8) is 0 Å². The van der Waals surface area contributed by atoms with Crippen molar-refractivity contribution in [3.05, 3.63) is 41.0 Å². The Bertz CT molecular complexity index is 481. The Hall–Kier alpha value is -1.04. The fourth-order valence-corrected chi connectivity index (χ4v) is 4.17. The van der Waals surface area contributed by atoms with Crippen molar-refractivity contribution in [1.82, 2.24) is 0 Å². The molecule has 0 N–H and O–H groups in total. The molecule has 0 nitrogen and oxygen atoms in total. The third kappa shape index (κ3) is 2.50. The fourth-order valence-electron chi connectivity index (χ4n) is 4.17. The van der Waals surface area contributed by atoms with Gasteiger partial charge in [-0.15, -0.1) is 0 Å². The summed E-state index contributed by atoms with van der Waals surface area (Å²) in [5.41, 5.74) is 4.72. The number of hydrogen-bond donors (Lipinski definition) is 0. The smallest absolute Gasteiger partial charge is 0.00549 e. The van der Waals surface area contributed by atoms with E-state index in [1.54, 1.807) is 11.1 Å². The van der Waals surface area contributed by atoms with Gasteiger partial charge in [0.2, 0.25) is 0 Å². The van der Waals surface area contributed by atoms with Crippen molar-refractivity contribution in [1.29, 1.82) is 0 Å². The first-order valence-corrected chi connectivity index (χ1v) is 7.93. The molecule has 0 aliphatic heterocycles. The van der Waals surface area contributed by atoms with E-state index in [1.165, 1.54) is 31.2 Å². The molecule has 19 heavy (non-hydrogen) atoms. The van der Waals surface area contributed by atoms with Gasteiger partial charge < -0.3 is 0 Å². The molecule has 0 saturated heterocycles. The van der Waals surface area contributed by atoms with Crippen molar-refractivity contribution in [2.75, 3.05) is 0 Å². The largest absolute Gasteiger partial charge is 0.0625 e. The molecular weight excluding hydrogens is 228 g/mol. The Morgan fingerprint density at radius 2 is 1.89 bits per heavy atom. The molecule has 0 bridgehead atoms. The quantitative estimate of drug-likeness (QED) is 0.668. The molecule has 0 amide bonds. The summed E-state index contributed by atoms with van der Waals surface area (Å²) in [7, 11) is 0. The molecule has 0 spiro atoms. The highest BCUT2D eigenvalue weighted by Gasteiger charge is 2.34. The molecule has 1 saturated carbocycles. The van der Waals surface area contributed by atoms with E-state index in [2.05, 4.69) is 51.1 Å². The van der Waals surface area contributed by atoms with Crippen LogP contribution in [0.25, 0.3) is 6.08 Å². The van der Waals surface area contributed by atoms with Crippen LogP contribution in [0, 0.1) is 23.7 Å². The number of rotatable bonds is 2. The average molecular weight is 254 g/mol. The van der Waals surface area contributed by atoms with Gasteiger partial charge in [-0.05, 0) is 54.1 Å². The van der Waals surface area contributed by atoms with Gasteiger partial charge in [-0.2, -0.15) is 0 Å². The van der Waals surface area contributed by atoms with Gasteiger partial charge in [0.05, 0.1) is 0 Å². The minimum atomic E-state index is 0.821. The molecule has 0 radical (unpaired) electrons.